The predicted molar refractivity (Wildman–Crippen MR) is 75.5 cm³/mol. The highest BCUT2D eigenvalue weighted by Crippen LogP contribution is 2.27. The number of halogens is 2. The number of alkyl halides is 1. The van der Waals surface area contributed by atoms with Crippen molar-refractivity contribution in [2.75, 3.05) is 31.6 Å². The molecule has 1 aromatic heterocycles. The molecule has 4 nitrogen and oxygen atoms in total. The normalized spacial score (nSPS) is 21.3. The lowest BCUT2D eigenvalue weighted by Crippen LogP contribution is -2.51. The Morgan fingerprint density at radius 3 is 2.83 bits per heavy atom. The number of nitrogens with zero attached hydrogens (tertiary/aromatic N) is 4. The Bertz CT molecular complexity index is 413. The van der Waals surface area contributed by atoms with Crippen molar-refractivity contribution in [3.63, 3.8) is 0 Å². The van der Waals surface area contributed by atoms with Crippen LogP contribution in [0.25, 0.3) is 0 Å². The van der Waals surface area contributed by atoms with Crippen molar-refractivity contribution in [3.05, 3.63) is 17.0 Å². The molecule has 0 radical (unpaired) electrons. The second kappa shape index (κ2) is 6.04. The summed E-state index contributed by atoms with van der Waals surface area (Å²) in [5.74, 6) is 1.23. The first-order valence-corrected chi connectivity index (χ1v) is 7.09. The molecule has 100 valence electrons. The lowest BCUT2D eigenvalue weighted by Gasteiger charge is -2.40. The summed E-state index contributed by atoms with van der Waals surface area (Å²) < 4.78 is 0. The topological polar surface area (TPSA) is 32.3 Å². The van der Waals surface area contributed by atoms with Crippen molar-refractivity contribution in [1.29, 1.82) is 0 Å². The van der Waals surface area contributed by atoms with E-state index in [1.165, 1.54) is 6.33 Å². The van der Waals surface area contributed by atoms with Crippen molar-refractivity contribution < 1.29 is 0 Å². The molecule has 0 bridgehead atoms. The molecule has 0 N–H and O–H groups in total. The fourth-order valence-electron chi connectivity index (χ4n) is 2.35. The fourth-order valence-corrected chi connectivity index (χ4v) is 2.86. The smallest absolute Gasteiger partial charge is 0.138 e. The Morgan fingerprint density at radius 2 is 2.17 bits per heavy atom. The van der Waals surface area contributed by atoms with Crippen LogP contribution in [0, 0.1) is 0 Å². The molecule has 1 saturated heterocycles. The van der Waals surface area contributed by atoms with E-state index in [4.69, 9.17) is 23.2 Å². The summed E-state index contributed by atoms with van der Waals surface area (Å²) in [4.78, 5) is 13.0. The van der Waals surface area contributed by atoms with Crippen LogP contribution in [0.1, 0.15) is 18.9 Å². The Balaban J connectivity index is 2.24. The van der Waals surface area contributed by atoms with Gasteiger partial charge in [-0.15, -0.1) is 11.6 Å². The number of likely N-dealkylation sites (N-methyl/N-ethyl adjacent to an activating group) is 1. The lowest BCUT2D eigenvalue weighted by atomic mass is 10.1. The molecule has 1 aromatic rings. The number of hydrogen-bond donors (Lipinski definition) is 0. The van der Waals surface area contributed by atoms with E-state index in [1.54, 1.807) is 0 Å². The third kappa shape index (κ3) is 2.71. The molecule has 0 saturated carbocycles. The van der Waals surface area contributed by atoms with Gasteiger partial charge in [0.2, 0.25) is 0 Å². The van der Waals surface area contributed by atoms with Crippen LogP contribution >= 0.6 is 23.2 Å². The summed E-state index contributed by atoms with van der Waals surface area (Å²) in [6.07, 6.45) is 2.63. The standard InChI is InChI=1S/C12H18Cl2N4/c1-3-9-7-18(5-4-17(9)2)12-10(6-13)11(14)15-8-16-12/h8-9H,3-7H2,1-2H3. The zero-order valence-corrected chi connectivity index (χ0v) is 12.2. The number of anilines is 1. The van der Waals surface area contributed by atoms with Gasteiger partial charge in [0.15, 0.2) is 0 Å². The predicted octanol–water partition coefficient (Wildman–Crippen LogP) is 2.40. The van der Waals surface area contributed by atoms with E-state index >= 15 is 0 Å². The first-order valence-electron chi connectivity index (χ1n) is 6.17. The van der Waals surface area contributed by atoms with Gasteiger partial charge in [-0.25, -0.2) is 9.97 Å². The van der Waals surface area contributed by atoms with Crippen molar-refractivity contribution in [2.24, 2.45) is 0 Å². The van der Waals surface area contributed by atoms with Crippen LogP contribution in [0.15, 0.2) is 6.33 Å². The van der Waals surface area contributed by atoms with Gasteiger partial charge in [-0.1, -0.05) is 18.5 Å². The first-order chi connectivity index (χ1) is 8.67. The number of aromatic nitrogens is 2. The minimum Gasteiger partial charge on any atom is -0.353 e. The summed E-state index contributed by atoms with van der Waals surface area (Å²) in [7, 11) is 2.17. The molecular weight excluding hydrogens is 271 g/mol. The average molecular weight is 289 g/mol. The van der Waals surface area contributed by atoms with Gasteiger partial charge in [-0.2, -0.15) is 0 Å². The second-order valence-corrected chi connectivity index (χ2v) is 5.21. The van der Waals surface area contributed by atoms with E-state index in [0.29, 0.717) is 17.1 Å². The summed E-state index contributed by atoms with van der Waals surface area (Å²) in [6, 6.07) is 0.552. The largest absolute Gasteiger partial charge is 0.353 e. The highest BCUT2D eigenvalue weighted by molar-refractivity contribution is 6.31. The van der Waals surface area contributed by atoms with Gasteiger partial charge in [0, 0.05) is 31.2 Å². The number of hydrogen-bond acceptors (Lipinski definition) is 4. The van der Waals surface area contributed by atoms with Crippen LogP contribution in [-0.4, -0.2) is 47.6 Å². The van der Waals surface area contributed by atoms with E-state index in [-0.39, 0.29) is 0 Å². The summed E-state index contributed by atoms with van der Waals surface area (Å²) >= 11 is 12.0. The fraction of sp³-hybridized carbons (Fsp3) is 0.667. The second-order valence-electron chi connectivity index (χ2n) is 4.59. The molecule has 1 atom stereocenters. The van der Waals surface area contributed by atoms with Crippen LogP contribution in [0.4, 0.5) is 5.82 Å². The molecule has 0 aromatic carbocycles. The van der Waals surface area contributed by atoms with Gasteiger partial charge >= 0.3 is 0 Å². The molecular formula is C12H18Cl2N4. The number of rotatable bonds is 3. The summed E-state index contributed by atoms with van der Waals surface area (Å²) in [6.45, 7) is 5.15. The Hall–Kier alpha value is -0.580. The third-order valence-corrected chi connectivity index (χ3v) is 4.14. The quantitative estimate of drug-likeness (QED) is 0.632. The molecule has 2 rings (SSSR count). The molecule has 1 unspecified atom stereocenters. The average Bonchev–Trinajstić information content (AvgIpc) is 2.39. The number of piperazine rings is 1. The molecule has 18 heavy (non-hydrogen) atoms. The van der Waals surface area contributed by atoms with E-state index in [1.807, 2.05) is 0 Å². The van der Waals surface area contributed by atoms with Crippen molar-refractivity contribution in [3.8, 4) is 0 Å². The zero-order valence-electron chi connectivity index (χ0n) is 10.7. The zero-order chi connectivity index (χ0) is 13.1. The van der Waals surface area contributed by atoms with Gasteiger partial charge in [-0.3, -0.25) is 4.90 Å². The monoisotopic (exact) mass is 288 g/mol. The highest BCUT2D eigenvalue weighted by atomic mass is 35.5. The van der Waals surface area contributed by atoms with Crippen molar-refractivity contribution in [1.82, 2.24) is 14.9 Å². The highest BCUT2D eigenvalue weighted by Gasteiger charge is 2.25. The Kier molecular flexibility index (Phi) is 4.65. The molecule has 1 fully saturated rings. The summed E-state index contributed by atoms with van der Waals surface area (Å²) in [5, 5.41) is 0.460. The molecule has 0 aliphatic carbocycles. The molecule has 2 heterocycles. The maximum absolute atomic E-state index is 6.08. The SMILES string of the molecule is CCC1CN(c2ncnc(Cl)c2CCl)CCN1C. The van der Waals surface area contributed by atoms with Gasteiger partial charge in [0.1, 0.15) is 17.3 Å². The van der Waals surface area contributed by atoms with Gasteiger partial charge in [0.25, 0.3) is 0 Å². The van der Waals surface area contributed by atoms with Crippen LogP contribution in [-0.2, 0) is 5.88 Å². The van der Waals surface area contributed by atoms with Gasteiger partial charge in [-0.05, 0) is 13.5 Å². The first kappa shape index (κ1) is 13.8. The lowest BCUT2D eigenvalue weighted by molar-refractivity contribution is 0.212. The van der Waals surface area contributed by atoms with Crippen molar-refractivity contribution >= 4 is 29.0 Å². The van der Waals surface area contributed by atoms with Crippen molar-refractivity contribution in [2.45, 2.75) is 25.3 Å². The molecule has 1 aliphatic heterocycles. The van der Waals surface area contributed by atoms with E-state index in [0.717, 1.165) is 37.4 Å². The van der Waals surface area contributed by atoms with E-state index in [9.17, 15) is 0 Å². The van der Waals surface area contributed by atoms with Crippen LogP contribution in [0.5, 0.6) is 0 Å². The van der Waals surface area contributed by atoms with Crippen LogP contribution in [0.2, 0.25) is 5.15 Å². The Labute approximate surface area is 118 Å². The molecule has 6 heteroatoms. The maximum atomic E-state index is 6.08. The van der Waals surface area contributed by atoms with Crippen LogP contribution < -0.4 is 4.90 Å². The van der Waals surface area contributed by atoms with Crippen LogP contribution in [0.3, 0.4) is 0 Å². The van der Waals surface area contributed by atoms with Gasteiger partial charge < -0.3 is 4.90 Å². The van der Waals surface area contributed by atoms with E-state index < -0.39 is 0 Å². The minimum atomic E-state index is 0.345. The minimum absolute atomic E-state index is 0.345. The van der Waals surface area contributed by atoms with E-state index in [2.05, 4.69) is 33.7 Å². The maximum Gasteiger partial charge on any atom is 0.138 e. The Morgan fingerprint density at radius 1 is 1.39 bits per heavy atom. The molecule has 0 spiro atoms. The van der Waals surface area contributed by atoms with Gasteiger partial charge in [0.05, 0.1) is 5.88 Å². The third-order valence-electron chi connectivity index (χ3n) is 3.55. The summed E-state index contributed by atoms with van der Waals surface area (Å²) in [5.41, 5.74) is 0.834. The molecule has 0 amide bonds. The molecule has 1 aliphatic rings.